The molecular formula is C12H19N3O3S. The summed E-state index contributed by atoms with van der Waals surface area (Å²) in [6, 6.07) is 1.31. The largest absolute Gasteiger partial charge is 0.396 e. The van der Waals surface area contributed by atoms with E-state index in [0.29, 0.717) is 6.54 Å². The molecule has 7 heteroatoms. The first-order valence-electron chi connectivity index (χ1n) is 6.12. The number of unbranched alkanes of at least 4 members (excludes halogenated alkanes) is 1. The van der Waals surface area contributed by atoms with Gasteiger partial charge in [-0.3, -0.25) is 9.78 Å². The molecule has 0 aliphatic heterocycles. The third-order valence-corrected chi connectivity index (χ3v) is 4.91. The van der Waals surface area contributed by atoms with Gasteiger partial charge >= 0.3 is 0 Å². The molecule has 1 atom stereocenters. The number of nitrogen functional groups attached to an aromatic ring is 1. The van der Waals surface area contributed by atoms with E-state index in [1.54, 1.807) is 0 Å². The van der Waals surface area contributed by atoms with Crippen molar-refractivity contribution >= 4 is 21.4 Å². The summed E-state index contributed by atoms with van der Waals surface area (Å²) >= 11 is 0. The molecule has 0 fully saturated rings. The van der Waals surface area contributed by atoms with Crippen molar-refractivity contribution in [2.45, 2.75) is 36.8 Å². The lowest BCUT2D eigenvalue weighted by Gasteiger charge is -2.14. The number of nitrogens with one attached hydrogen (secondary N) is 1. The van der Waals surface area contributed by atoms with Crippen molar-refractivity contribution in [3.05, 3.63) is 18.5 Å². The molecule has 1 rings (SSSR count). The maximum absolute atomic E-state index is 12.3. The van der Waals surface area contributed by atoms with Crippen LogP contribution in [0.1, 0.15) is 26.7 Å². The van der Waals surface area contributed by atoms with E-state index in [2.05, 4.69) is 10.3 Å². The molecule has 0 aliphatic carbocycles. The van der Waals surface area contributed by atoms with E-state index in [9.17, 15) is 13.2 Å². The monoisotopic (exact) mass is 285 g/mol. The highest BCUT2D eigenvalue weighted by Crippen LogP contribution is 2.21. The number of nitrogens with zero attached hydrogens (tertiary/aromatic N) is 1. The Morgan fingerprint density at radius 2 is 2.21 bits per heavy atom. The van der Waals surface area contributed by atoms with E-state index in [4.69, 9.17) is 5.73 Å². The van der Waals surface area contributed by atoms with Gasteiger partial charge in [0.2, 0.25) is 5.91 Å². The summed E-state index contributed by atoms with van der Waals surface area (Å²) < 4.78 is 24.5. The van der Waals surface area contributed by atoms with Crippen LogP contribution in [-0.4, -0.2) is 31.1 Å². The Bertz CT molecular complexity index is 543. The van der Waals surface area contributed by atoms with Crippen molar-refractivity contribution < 1.29 is 13.2 Å². The molecule has 1 unspecified atom stereocenters. The Hall–Kier alpha value is -1.63. The van der Waals surface area contributed by atoms with Crippen LogP contribution in [0.3, 0.4) is 0 Å². The first-order chi connectivity index (χ1) is 8.91. The molecule has 1 heterocycles. The molecule has 1 aromatic heterocycles. The molecule has 1 aromatic rings. The zero-order chi connectivity index (χ0) is 14.5. The molecule has 106 valence electrons. The van der Waals surface area contributed by atoms with Crippen molar-refractivity contribution in [3.8, 4) is 0 Å². The molecule has 0 aliphatic rings. The molecule has 0 bridgehead atoms. The smallest absolute Gasteiger partial charge is 0.238 e. The van der Waals surface area contributed by atoms with Crippen molar-refractivity contribution in [1.82, 2.24) is 10.3 Å². The van der Waals surface area contributed by atoms with Gasteiger partial charge in [-0.25, -0.2) is 8.42 Å². The van der Waals surface area contributed by atoms with Crippen molar-refractivity contribution in [2.24, 2.45) is 0 Å². The Morgan fingerprint density at radius 1 is 1.53 bits per heavy atom. The topological polar surface area (TPSA) is 102 Å². The standard InChI is InChI=1S/C12H19N3O3S/c1-3-4-6-15-12(16)9(2)19(17,18)11-5-7-14-8-10(11)13/h5,7-9H,3-4,6,13H2,1-2H3,(H,15,16). The highest BCUT2D eigenvalue weighted by Gasteiger charge is 2.30. The lowest BCUT2D eigenvalue weighted by molar-refractivity contribution is -0.120. The van der Waals surface area contributed by atoms with E-state index in [1.807, 2.05) is 6.92 Å². The summed E-state index contributed by atoms with van der Waals surface area (Å²) in [5.41, 5.74) is 5.64. The number of nitrogens with two attached hydrogens (primary N) is 1. The van der Waals surface area contributed by atoms with Gasteiger partial charge in [-0.05, 0) is 19.4 Å². The Kier molecular flexibility index (Phi) is 5.29. The van der Waals surface area contributed by atoms with Gasteiger partial charge in [-0.15, -0.1) is 0 Å². The molecule has 19 heavy (non-hydrogen) atoms. The van der Waals surface area contributed by atoms with E-state index in [1.165, 1.54) is 25.4 Å². The summed E-state index contributed by atoms with van der Waals surface area (Å²) in [5, 5.41) is 1.43. The van der Waals surface area contributed by atoms with Gasteiger partial charge < -0.3 is 11.1 Å². The summed E-state index contributed by atoms with van der Waals surface area (Å²) in [4.78, 5) is 15.5. The summed E-state index contributed by atoms with van der Waals surface area (Å²) in [6.45, 7) is 3.82. The zero-order valence-corrected chi connectivity index (χ0v) is 11.9. The van der Waals surface area contributed by atoms with Crippen molar-refractivity contribution in [2.75, 3.05) is 12.3 Å². The average Bonchev–Trinajstić information content (AvgIpc) is 2.38. The van der Waals surface area contributed by atoms with E-state index in [0.717, 1.165) is 12.8 Å². The number of pyridine rings is 1. The van der Waals surface area contributed by atoms with Gasteiger partial charge in [0, 0.05) is 12.7 Å². The lowest BCUT2D eigenvalue weighted by Crippen LogP contribution is -2.38. The van der Waals surface area contributed by atoms with Crippen LogP contribution in [0, 0.1) is 0 Å². The Balaban J connectivity index is 2.89. The Morgan fingerprint density at radius 3 is 2.79 bits per heavy atom. The maximum atomic E-state index is 12.3. The van der Waals surface area contributed by atoms with Gasteiger partial charge in [-0.1, -0.05) is 13.3 Å². The first kappa shape index (κ1) is 15.4. The predicted molar refractivity (Wildman–Crippen MR) is 73.2 cm³/mol. The van der Waals surface area contributed by atoms with Crippen LogP contribution >= 0.6 is 0 Å². The molecule has 0 spiro atoms. The van der Waals surface area contributed by atoms with Crippen LogP contribution in [0.2, 0.25) is 0 Å². The van der Waals surface area contributed by atoms with Crippen LogP contribution in [0.25, 0.3) is 0 Å². The third kappa shape index (κ3) is 3.66. The summed E-state index contributed by atoms with van der Waals surface area (Å²) in [6.07, 6.45) is 4.34. The van der Waals surface area contributed by atoms with Gasteiger partial charge in [0.25, 0.3) is 0 Å². The molecule has 0 aromatic carbocycles. The van der Waals surface area contributed by atoms with E-state index in [-0.39, 0.29) is 10.6 Å². The summed E-state index contributed by atoms with van der Waals surface area (Å²) in [7, 11) is -3.78. The maximum Gasteiger partial charge on any atom is 0.238 e. The van der Waals surface area contributed by atoms with Gasteiger partial charge in [-0.2, -0.15) is 0 Å². The minimum Gasteiger partial charge on any atom is -0.396 e. The second-order valence-electron chi connectivity index (χ2n) is 4.25. The van der Waals surface area contributed by atoms with Gasteiger partial charge in [0.1, 0.15) is 5.25 Å². The number of anilines is 1. The predicted octanol–water partition coefficient (Wildman–Crippen LogP) is 0.742. The molecule has 0 radical (unpaired) electrons. The number of rotatable bonds is 6. The highest BCUT2D eigenvalue weighted by atomic mass is 32.2. The van der Waals surface area contributed by atoms with Crippen LogP contribution in [0.5, 0.6) is 0 Å². The van der Waals surface area contributed by atoms with Crippen LogP contribution in [0.15, 0.2) is 23.4 Å². The van der Waals surface area contributed by atoms with Crippen molar-refractivity contribution in [3.63, 3.8) is 0 Å². The third-order valence-electron chi connectivity index (χ3n) is 2.78. The summed E-state index contributed by atoms with van der Waals surface area (Å²) in [5.74, 6) is -0.510. The minimum atomic E-state index is -3.78. The number of aromatic nitrogens is 1. The fourth-order valence-electron chi connectivity index (χ4n) is 1.52. The van der Waals surface area contributed by atoms with E-state index >= 15 is 0 Å². The molecule has 0 saturated heterocycles. The van der Waals surface area contributed by atoms with Gasteiger partial charge in [0.05, 0.1) is 16.8 Å². The number of hydrogen-bond acceptors (Lipinski definition) is 5. The number of sulfone groups is 1. The Labute approximate surface area is 113 Å². The first-order valence-corrected chi connectivity index (χ1v) is 7.67. The second-order valence-corrected chi connectivity index (χ2v) is 6.48. The van der Waals surface area contributed by atoms with E-state index < -0.39 is 21.0 Å². The molecule has 0 saturated carbocycles. The van der Waals surface area contributed by atoms with Crippen LogP contribution < -0.4 is 11.1 Å². The fourth-order valence-corrected chi connectivity index (χ4v) is 2.89. The molecule has 3 N–H and O–H groups in total. The minimum absolute atomic E-state index is 0.0516. The number of amides is 1. The average molecular weight is 285 g/mol. The van der Waals surface area contributed by atoms with Crippen LogP contribution in [-0.2, 0) is 14.6 Å². The molecular weight excluding hydrogens is 266 g/mol. The van der Waals surface area contributed by atoms with Gasteiger partial charge in [0.15, 0.2) is 9.84 Å². The quantitative estimate of drug-likeness (QED) is 0.751. The number of hydrogen-bond donors (Lipinski definition) is 2. The normalized spacial score (nSPS) is 12.9. The van der Waals surface area contributed by atoms with Crippen LogP contribution in [0.4, 0.5) is 5.69 Å². The number of carbonyl (C=O) groups is 1. The molecule has 6 nitrogen and oxygen atoms in total. The number of carbonyl (C=O) groups excluding carboxylic acids is 1. The zero-order valence-electron chi connectivity index (χ0n) is 11.1. The lowest BCUT2D eigenvalue weighted by atomic mass is 10.3. The fraction of sp³-hybridized carbons (Fsp3) is 0.500. The molecule has 1 amide bonds. The SMILES string of the molecule is CCCCNC(=O)C(C)S(=O)(=O)c1ccncc1N. The highest BCUT2D eigenvalue weighted by molar-refractivity contribution is 7.93. The second kappa shape index (κ2) is 6.51. The van der Waals surface area contributed by atoms with Crippen molar-refractivity contribution in [1.29, 1.82) is 0 Å².